The molecule has 1 aliphatic heterocycles. The minimum absolute atomic E-state index is 0.251. The average molecular weight is 422 g/mol. The summed E-state index contributed by atoms with van der Waals surface area (Å²) in [5.74, 6) is -0.251. The number of hydrogen-bond acceptors (Lipinski definition) is 5. The van der Waals surface area contributed by atoms with Gasteiger partial charge in [0, 0.05) is 62.8 Å². The first kappa shape index (κ1) is 21.9. The molecule has 1 fully saturated rings. The zero-order valence-corrected chi connectivity index (χ0v) is 19.1. The Kier molecular flexibility index (Phi) is 6.71. The van der Waals surface area contributed by atoms with Gasteiger partial charge in [-0.1, -0.05) is 11.6 Å². The van der Waals surface area contributed by atoms with Crippen molar-refractivity contribution in [3.05, 3.63) is 38.9 Å². The number of aromatic nitrogens is 3. The molecule has 0 radical (unpaired) electrons. The number of nitrogens with zero attached hydrogens (tertiary/aromatic N) is 5. The third-order valence-electron chi connectivity index (χ3n) is 6.21. The molecule has 0 bridgehead atoms. The molecule has 160 valence electrons. The first-order valence-electron chi connectivity index (χ1n) is 10.1. The van der Waals surface area contributed by atoms with Gasteiger partial charge in [-0.2, -0.15) is 5.10 Å². The van der Waals surface area contributed by atoms with Gasteiger partial charge in [-0.05, 0) is 40.3 Å². The molecule has 2 aromatic rings. The number of carbonyl (C=O) groups excluding carboxylic acids is 1. The van der Waals surface area contributed by atoms with E-state index < -0.39 is 0 Å². The fourth-order valence-corrected chi connectivity index (χ4v) is 4.46. The number of aryl methyl sites for hydroxylation is 2. The summed E-state index contributed by atoms with van der Waals surface area (Å²) in [6.07, 6.45) is 1.08. The van der Waals surface area contributed by atoms with E-state index in [1.165, 1.54) is 7.11 Å². The maximum absolute atomic E-state index is 12.4. The average Bonchev–Trinajstić information content (AvgIpc) is 2.95. The van der Waals surface area contributed by atoms with Gasteiger partial charge in [0.25, 0.3) is 0 Å². The van der Waals surface area contributed by atoms with Crippen LogP contribution in [0.5, 0.6) is 0 Å². The molecule has 3 rings (SSSR count). The number of carbonyl (C=O) groups is 1. The molecular formula is C21H32ClN5O2. The van der Waals surface area contributed by atoms with Crippen LogP contribution in [0.3, 0.4) is 0 Å². The van der Waals surface area contributed by atoms with Gasteiger partial charge in [0.15, 0.2) is 0 Å². The molecule has 0 aliphatic carbocycles. The molecule has 0 N–H and O–H groups in total. The standard InChI is InChI=1S/C21H32ClN5O2/c1-14-17(20(22)25(5)23-14)12-26-8-7-9-27(11-10-26)13-18-15(2)24(4)16(3)19(18)21(28)29-6/h7-13H2,1-6H3. The predicted molar refractivity (Wildman–Crippen MR) is 114 cm³/mol. The molecule has 0 unspecified atom stereocenters. The Morgan fingerprint density at radius 3 is 2.10 bits per heavy atom. The van der Waals surface area contributed by atoms with E-state index in [4.69, 9.17) is 16.3 Å². The van der Waals surface area contributed by atoms with Gasteiger partial charge in [-0.15, -0.1) is 0 Å². The molecule has 0 aromatic carbocycles. The molecule has 29 heavy (non-hydrogen) atoms. The molecule has 0 amide bonds. The lowest BCUT2D eigenvalue weighted by Gasteiger charge is -2.22. The molecule has 0 saturated carbocycles. The van der Waals surface area contributed by atoms with Crippen molar-refractivity contribution in [1.29, 1.82) is 0 Å². The van der Waals surface area contributed by atoms with Crippen molar-refractivity contribution in [3.63, 3.8) is 0 Å². The van der Waals surface area contributed by atoms with Crippen molar-refractivity contribution in [1.82, 2.24) is 24.1 Å². The van der Waals surface area contributed by atoms with Crippen LogP contribution in [0.2, 0.25) is 5.15 Å². The lowest BCUT2D eigenvalue weighted by molar-refractivity contribution is 0.0597. The minimum atomic E-state index is -0.251. The van der Waals surface area contributed by atoms with Crippen LogP contribution in [0.15, 0.2) is 0 Å². The summed E-state index contributed by atoms with van der Waals surface area (Å²) < 4.78 is 8.87. The highest BCUT2D eigenvalue weighted by Gasteiger charge is 2.25. The summed E-state index contributed by atoms with van der Waals surface area (Å²) in [6, 6.07) is 0. The van der Waals surface area contributed by atoms with Crippen molar-refractivity contribution in [2.75, 3.05) is 33.3 Å². The van der Waals surface area contributed by atoms with E-state index in [1.807, 2.05) is 27.9 Å². The van der Waals surface area contributed by atoms with Gasteiger partial charge in [-0.25, -0.2) is 4.79 Å². The van der Waals surface area contributed by atoms with Gasteiger partial charge in [0.1, 0.15) is 5.15 Å². The van der Waals surface area contributed by atoms with Gasteiger partial charge >= 0.3 is 5.97 Å². The second kappa shape index (κ2) is 8.90. The van der Waals surface area contributed by atoms with Crippen LogP contribution < -0.4 is 0 Å². The van der Waals surface area contributed by atoms with E-state index in [0.29, 0.717) is 5.56 Å². The largest absolute Gasteiger partial charge is 0.465 e. The fraction of sp³-hybridized carbons (Fsp3) is 0.619. The summed E-state index contributed by atoms with van der Waals surface area (Å²) in [5.41, 5.74) is 5.99. The Morgan fingerprint density at radius 2 is 1.59 bits per heavy atom. The molecule has 3 heterocycles. The number of hydrogen-bond donors (Lipinski definition) is 0. The first-order valence-corrected chi connectivity index (χ1v) is 10.5. The molecule has 0 atom stereocenters. The quantitative estimate of drug-likeness (QED) is 0.695. The fourth-order valence-electron chi connectivity index (χ4n) is 4.23. The molecular weight excluding hydrogens is 390 g/mol. The SMILES string of the molecule is COC(=O)c1c(CN2CCCN(Cc3c(C)nn(C)c3Cl)CC2)c(C)n(C)c1C. The van der Waals surface area contributed by atoms with Gasteiger partial charge in [0.05, 0.1) is 18.4 Å². The van der Waals surface area contributed by atoms with Crippen LogP contribution in [0, 0.1) is 20.8 Å². The Hall–Kier alpha value is -1.83. The van der Waals surface area contributed by atoms with E-state index in [1.54, 1.807) is 4.68 Å². The molecule has 0 spiro atoms. The van der Waals surface area contributed by atoms with Gasteiger partial charge < -0.3 is 9.30 Å². The maximum Gasteiger partial charge on any atom is 0.340 e. The van der Waals surface area contributed by atoms with Gasteiger partial charge in [0.2, 0.25) is 0 Å². The van der Waals surface area contributed by atoms with E-state index >= 15 is 0 Å². The Balaban J connectivity index is 1.71. The zero-order valence-electron chi connectivity index (χ0n) is 18.4. The summed E-state index contributed by atoms with van der Waals surface area (Å²) >= 11 is 6.42. The first-order chi connectivity index (χ1) is 13.7. The summed E-state index contributed by atoms with van der Waals surface area (Å²) in [4.78, 5) is 17.2. The van der Waals surface area contributed by atoms with Crippen LogP contribution in [0.4, 0.5) is 0 Å². The number of halogens is 1. The van der Waals surface area contributed by atoms with Crippen molar-refractivity contribution in [2.24, 2.45) is 14.1 Å². The second-order valence-corrected chi connectivity index (χ2v) is 8.32. The highest BCUT2D eigenvalue weighted by Crippen LogP contribution is 2.25. The lowest BCUT2D eigenvalue weighted by Crippen LogP contribution is -2.31. The Labute approximate surface area is 178 Å². The van der Waals surface area contributed by atoms with Crippen LogP contribution >= 0.6 is 11.6 Å². The van der Waals surface area contributed by atoms with Crippen LogP contribution in [0.1, 0.15) is 45.0 Å². The smallest absolute Gasteiger partial charge is 0.340 e. The highest BCUT2D eigenvalue weighted by atomic mass is 35.5. The summed E-state index contributed by atoms with van der Waals surface area (Å²) in [6.45, 7) is 11.6. The zero-order chi connectivity index (χ0) is 21.3. The van der Waals surface area contributed by atoms with E-state index in [0.717, 1.165) is 79.1 Å². The third-order valence-corrected chi connectivity index (χ3v) is 6.68. The predicted octanol–water partition coefficient (Wildman–Crippen LogP) is 2.83. The number of esters is 1. The molecule has 8 heteroatoms. The summed E-state index contributed by atoms with van der Waals surface area (Å²) in [5, 5.41) is 5.15. The van der Waals surface area contributed by atoms with Crippen molar-refractivity contribution >= 4 is 17.6 Å². The third kappa shape index (κ3) is 4.37. The molecule has 1 aliphatic rings. The monoisotopic (exact) mass is 421 g/mol. The van der Waals surface area contributed by atoms with Crippen LogP contribution in [0.25, 0.3) is 0 Å². The molecule has 2 aromatic heterocycles. The number of rotatable bonds is 5. The topological polar surface area (TPSA) is 55.5 Å². The van der Waals surface area contributed by atoms with E-state index in [2.05, 4.69) is 26.4 Å². The molecule has 7 nitrogen and oxygen atoms in total. The molecule has 1 saturated heterocycles. The second-order valence-electron chi connectivity index (χ2n) is 7.96. The minimum Gasteiger partial charge on any atom is -0.465 e. The maximum atomic E-state index is 12.4. The van der Waals surface area contributed by atoms with Crippen LogP contribution in [-0.2, 0) is 31.9 Å². The van der Waals surface area contributed by atoms with E-state index in [-0.39, 0.29) is 5.97 Å². The highest BCUT2D eigenvalue weighted by molar-refractivity contribution is 6.30. The lowest BCUT2D eigenvalue weighted by atomic mass is 10.1. The Morgan fingerprint density at radius 1 is 1.00 bits per heavy atom. The van der Waals surface area contributed by atoms with Crippen molar-refractivity contribution in [3.8, 4) is 0 Å². The number of ether oxygens (including phenoxy) is 1. The Bertz CT molecular complexity index is 902. The normalized spacial score (nSPS) is 16.2. The number of methoxy groups -OCH3 is 1. The van der Waals surface area contributed by atoms with Crippen molar-refractivity contribution < 1.29 is 9.53 Å². The van der Waals surface area contributed by atoms with Crippen LogP contribution in [-0.4, -0.2) is 63.4 Å². The summed E-state index contributed by atoms with van der Waals surface area (Å²) in [7, 11) is 5.33. The van der Waals surface area contributed by atoms with E-state index in [9.17, 15) is 4.79 Å². The van der Waals surface area contributed by atoms with Crippen molar-refractivity contribution in [2.45, 2.75) is 40.3 Å². The van der Waals surface area contributed by atoms with Gasteiger partial charge in [-0.3, -0.25) is 14.5 Å².